The van der Waals surface area contributed by atoms with Crippen molar-refractivity contribution >= 4 is 45.9 Å². The quantitative estimate of drug-likeness (QED) is 0.0924. The molecule has 0 saturated carbocycles. The van der Waals surface area contributed by atoms with E-state index < -0.39 is 13.5 Å². The molecule has 0 spiro atoms. The van der Waals surface area contributed by atoms with Gasteiger partial charge in [-0.25, -0.2) is 0 Å². The third kappa shape index (κ3) is 7.16. The van der Waals surface area contributed by atoms with Crippen molar-refractivity contribution in [2.75, 3.05) is 4.90 Å². The molecule has 0 radical (unpaired) electrons. The van der Waals surface area contributed by atoms with E-state index in [0.29, 0.717) is 0 Å². The molecule has 2 heteroatoms. The highest BCUT2D eigenvalue weighted by Crippen LogP contribution is 2.57. The van der Waals surface area contributed by atoms with Gasteiger partial charge in [0, 0.05) is 17.1 Å². The summed E-state index contributed by atoms with van der Waals surface area (Å²) in [5.41, 5.74) is 15.0. The van der Waals surface area contributed by atoms with E-state index in [1.165, 1.54) is 76.4 Å². The molecule has 11 aromatic carbocycles. The molecule has 0 heterocycles. The molecule has 0 bridgehead atoms. The van der Waals surface area contributed by atoms with Crippen LogP contribution in [-0.2, 0) is 5.41 Å². The zero-order valence-electron chi connectivity index (χ0n) is 38.2. The molecule has 1 nitrogen and oxygen atoms in total. The second-order valence-electron chi connectivity index (χ2n) is 18.0. The lowest BCUT2D eigenvalue weighted by Gasteiger charge is -2.37. The van der Waals surface area contributed by atoms with Crippen molar-refractivity contribution < 1.29 is 0 Å². The van der Waals surface area contributed by atoms with Crippen LogP contribution in [0.4, 0.5) is 17.1 Å². The van der Waals surface area contributed by atoms with Gasteiger partial charge in [-0.1, -0.05) is 249 Å². The van der Waals surface area contributed by atoms with Gasteiger partial charge in [-0.05, 0) is 125 Å². The van der Waals surface area contributed by atoms with Gasteiger partial charge in [-0.15, -0.1) is 0 Å². The van der Waals surface area contributed by atoms with Crippen LogP contribution in [0.1, 0.15) is 22.3 Å². The second kappa shape index (κ2) is 17.9. The summed E-state index contributed by atoms with van der Waals surface area (Å²) < 4.78 is 0. The Morgan fingerprint density at radius 2 is 0.551 bits per heavy atom. The molecule has 1 aliphatic rings. The van der Waals surface area contributed by atoms with E-state index >= 15 is 0 Å². The Labute approximate surface area is 407 Å². The molecule has 69 heavy (non-hydrogen) atoms. The van der Waals surface area contributed by atoms with Gasteiger partial charge in [0.2, 0.25) is 0 Å². The fourth-order valence-corrected chi connectivity index (χ4v) is 16.0. The summed E-state index contributed by atoms with van der Waals surface area (Å²) in [5, 5.41) is 5.42. The standard InChI is InChI=1S/C67H49NSi/c1-8-22-50(23-9-1)52-36-46-63-64-47-37-53(51-24-10-2-11-25-51)49-66(64)67(65(63)48-52,54-38-42-58(43-39-54)68(56-26-12-3-13-27-56)57-28-14-4-15-29-57)55-40-44-62(45-41-55)69(59-30-16-5-17-31-59,60-32-18-6-19-33-60)61-34-20-7-21-35-61/h1-49H. The Balaban J connectivity index is 1.14. The van der Waals surface area contributed by atoms with Crippen molar-refractivity contribution in [2.45, 2.75) is 5.41 Å². The smallest absolute Gasteiger partial charge is 0.179 e. The largest absolute Gasteiger partial charge is 0.311 e. The molecule has 11 aromatic rings. The third-order valence-corrected chi connectivity index (χ3v) is 19.1. The van der Waals surface area contributed by atoms with Crippen molar-refractivity contribution in [3.05, 3.63) is 320 Å². The van der Waals surface area contributed by atoms with E-state index in [4.69, 9.17) is 0 Å². The van der Waals surface area contributed by atoms with Crippen LogP contribution < -0.4 is 25.6 Å². The number of para-hydroxylation sites is 2. The van der Waals surface area contributed by atoms with Crippen molar-refractivity contribution in [3.63, 3.8) is 0 Å². The van der Waals surface area contributed by atoms with Crippen molar-refractivity contribution in [1.82, 2.24) is 0 Å². The summed E-state index contributed by atoms with van der Waals surface area (Å²) in [5.74, 6) is 0. The third-order valence-electron chi connectivity index (χ3n) is 14.3. The van der Waals surface area contributed by atoms with Gasteiger partial charge in [-0.3, -0.25) is 0 Å². The molecule has 0 amide bonds. The number of rotatable bonds is 11. The van der Waals surface area contributed by atoms with E-state index in [1.54, 1.807) is 0 Å². The van der Waals surface area contributed by atoms with E-state index in [-0.39, 0.29) is 0 Å². The molecule has 0 aliphatic heterocycles. The number of nitrogens with zero attached hydrogens (tertiary/aromatic N) is 1. The van der Waals surface area contributed by atoms with Crippen LogP contribution in [0.25, 0.3) is 33.4 Å². The number of benzene rings is 11. The fourth-order valence-electron chi connectivity index (χ4n) is 11.2. The maximum absolute atomic E-state index is 2.81. The topological polar surface area (TPSA) is 3.24 Å². The maximum atomic E-state index is 2.48. The number of anilines is 3. The highest BCUT2D eigenvalue weighted by atomic mass is 28.3. The average molecular weight is 896 g/mol. The minimum atomic E-state index is -2.81. The van der Waals surface area contributed by atoms with Gasteiger partial charge in [-0.2, -0.15) is 0 Å². The molecular weight excluding hydrogens is 847 g/mol. The molecule has 0 aromatic heterocycles. The van der Waals surface area contributed by atoms with E-state index in [9.17, 15) is 0 Å². The summed E-state index contributed by atoms with van der Waals surface area (Å²) in [6.07, 6.45) is 0. The normalized spacial score (nSPS) is 12.5. The fraction of sp³-hybridized carbons (Fsp3) is 0.0149. The number of hydrogen-bond acceptors (Lipinski definition) is 1. The summed E-state index contributed by atoms with van der Waals surface area (Å²) in [6.45, 7) is 0. The molecular formula is C67H49NSi. The molecule has 12 rings (SSSR count). The van der Waals surface area contributed by atoms with Gasteiger partial charge < -0.3 is 4.90 Å². The molecule has 0 unspecified atom stereocenters. The lowest BCUT2D eigenvalue weighted by Crippen LogP contribution is -2.74. The van der Waals surface area contributed by atoms with Gasteiger partial charge >= 0.3 is 0 Å². The molecule has 0 fully saturated rings. The first kappa shape index (κ1) is 41.8. The predicted octanol–water partition coefficient (Wildman–Crippen LogP) is 14.2. The van der Waals surface area contributed by atoms with E-state index in [0.717, 1.165) is 17.1 Å². The van der Waals surface area contributed by atoms with Gasteiger partial charge in [0.05, 0.1) is 5.41 Å². The maximum Gasteiger partial charge on any atom is 0.179 e. The van der Waals surface area contributed by atoms with Gasteiger partial charge in [0.25, 0.3) is 0 Å². The molecule has 326 valence electrons. The second-order valence-corrected chi connectivity index (χ2v) is 21.8. The Kier molecular flexibility index (Phi) is 10.9. The predicted molar refractivity (Wildman–Crippen MR) is 293 cm³/mol. The Morgan fingerprint density at radius 1 is 0.246 bits per heavy atom. The Hall–Kier alpha value is -8.56. The van der Waals surface area contributed by atoms with E-state index in [2.05, 4.69) is 302 Å². The van der Waals surface area contributed by atoms with Crippen LogP contribution >= 0.6 is 0 Å². The average Bonchev–Trinajstić information content (AvgIpc) is 3.73. The van der Waals surface area contributed by atoms with Crippen LogP contribution in [0, 0.1) is 0 Å². The van der Waals surface area contributed by atoms with Crippen LogP contribution in [0.15, 0.2) is 297 Å². The number of fused-ring (bicyclic) bond motifs is 3. The van der Waals surface area contributed by atoms with Crippen molar-refractivity contribution in [2.24, 2.45) is 0 Å². The minimum Gasteiger partial charge on any atom is -0.311 e. The zero-order valence-corrected chi connectivity index (χ0v) is 39.2. The highest BCUT2D eigenvalue weighted by Gasteiger charge is 2.48. The molecule has 0 atom stereocenters. The van der Waals surface area contributed by atoms with Crippen LogP contribution in [-0.4, -0.2) is 8.07 Å². The summed E-state index contributed by atoms with van der Waals surface area (Å²) in [7, 11) is -2.81. The summed E-state index contributed by atoms with van der Waals surface area (Å²) in [4.78, 5) is 2.35. The first-order valence-corrected chi connectivity index (χ1v) is 25.9. The highest BCUT2D eigenvalue weighted by molar-refractivity contribution is 7.19. The van der Waals surface area contributed by atoms with Gasteiger partial charge in [0.1, 0.15) is 0 Å². The van der Waals surface area contributed by atoms with Crippen LogP contribution in [0.5, 0.6) is 0 Å². The summed E-state index contributed by atoms with van der Waals surface area (Å²) in [6, 6.07) is 110. The lowest BCUT2D eigenvalue weighted by atomic mass is 9.67. The van der Waals surface area contributed by atoms with Crippen molar-refractivity contribution in [3.8, 4) is 33.4 Å². The molecule has 0 N–H and O–H groups in total. The molecule has 0 saturated heterocycles. The van der Waals surface area contributed by atoms with Gasteiger partial charge in [0.15, 0.2) is 8.07 Å². The monoisotopic (exact) mass is 895 g/mol. The SMILES string of the molecule is c1ccc(-c2ccc3c(c2)C(c2ccc(N(c4ccccc4)c4ccccc4)cc2)(c2ccc([Si](c4ccccc4)(c4ccccc4)c4ccccc4)cc2)c2cc(-c4ccccc4)ccc2-3)cc1. The zero-order chi connectivity index (χ0) is 46.0. The summed E-state index contributed by atoms with van der Waals surface area (Å²) >= 11 is 0. The lowest BCUT2D eigenvalue weighted by molar-refractivity contribution is 0.769. The first-order chi connectivity index (χ1) is 34.2. The molecule has 1 aliphatic carbocycles. The number of hydrogen-bond donors (Lipinski definition) is 0. The van der Waals surface area contributed by atoms with E-state index in [1.807, 2.05) is 0 Å². The van der Waals surface area contributed by atoms with Crippen molar-refractivity contribution in [1.29, 1.82) is 0 Å². The Morgan fingerprint density at radius 3 is 0.928 bits per heavy atom. The minimum absolute atomic E-state index is 0.682. The first-order valence-electron chi connectivity index (χ1n) is 23.9. The van der Waals surface area contributed by atoms with Crippen LogP contribution in [0.3, 0.4) is 0 Å². The Bertz CT molecular complexity index is 3260. The van der Waals surface area contributed by atoms with Crippen LogP contribution in [0.2, 0.25) is 0 Å².